The van der Waals surface area contributed by atoms with Crippen LogP contribution in [0.25, 0.3) is 0 Å². The third-order valence-electron chi connectivity index (χ3n) is 5.08. The molecule has 0 aliphatic carbocycles. The Bertz CT molecular complexity index is 917. The van der Waals surface area contributed by atoms with Crippen LogP contribution in [0.15, 0.2) is 18.2 Å². The Morgan fingerprint density at radius 1 is 1.30 bits per heavy atom. The van der Waals surface area contributed by atoms with E-state index in [2.05, 4.69) is 21.8 Å². The van der Waals surface area contributed by atoms with Crippen LogP contribution in [0.1, 0.15) is 43.1 Å². The Hall–Kier alpha value is -3.05. The van der Waals surface area contributed by atoms with E-state index in [9.17, 15) is 10.1 Å². The van der Waals surface area contributed by atoms with Crippen LogP contribution < -0.4 is 20.1 Å². The van der Waals surface area contributed by atoms with Gasteiger partial charge >= 0.3 is 0 Å². The van der Waals surface area contributed by atoms with Gasteiger partial charge in [-0.05, 0) is 44.5 Å². The molecular formula is C22H29N5O3. The predicted molar refractivity (Wildman–Crippen MR) is 114 cm³/mol. The van der Waals surface area contributed by atoms with Gasteiger partial charge in [0.05, 0.1) is 32.4 Å². The minimum Gasteiger partial charge on any atom is -0.497 e. The number of nitrogens with zero attached hydrogens (tertiary/aromatic N) is 3. The Morgan fingerprint density at radius 2 is 2.00 bits per heavy atom. The average Bonchev–Trinajstić information content (AvgIpc) is 3.35. The first-order valence-electron chi connectivity index (χ1n) is 10.2. The van der Waals surface area contributed by atoms with Crippen molar-refractivity contribution in [3.63, 3.8) is 0 Å². The van der Waals surface area contributed by atoms with Gasteiger partial charge in [-0.2, -0.15) is 10.4 Å². The standard InChI is InChI=1S/C22H29N5O3/c1-14(2)25-22-20(12-23)21(26-27(22)16-5-6-24-13-16)10-17(28)7-15-8-18(29-3)11-19(9-15)30-4/h8-9,11,14,16,24-25H,5-7,10,13H2,1-4H3/t16-/m0/s1. The highest BCUT2D eigenvalue weighted by Gasteiger charge is 2.26. The molecular weight excluding hydrogens is 382 g/mol. The summed E-state index contributed by atoms with van der Waals surface area (Å²) in [4.78, 5) is 12.8. The zero-order chi connectivity index (χ0) is 21.7. The number of ether oxygens (including phenoxy) is 2. The Balaban J connectivity index is 1.85. The third-order valence-corrected chi connectivity index (χ3v) is 5.08. The van der Waals surface area contributed by atoms with Gasteiger partial charge in [-0.25, -0.2) is 4.68 Å². The van der Waals surface area contributed by atoms with Gasteiger partial charge in [0.2, 0.25) is 0 Å². The molecule has 1 aromatic heterocycles. The van der Waals surface area contributed by atoms with Crippen LogP contribution >= 0.6 is 0 Å². The van der Waals surface area contributed by atoms with Crippen molar-refractivity contribution in [3.8, 4) is 17.6 Å². The van der Waals surface area contributed by atoms with E-state index in [4.69, 9.17) is 9.47 Å². The van der Waals surface area contributed by atoms with Gasteiger partial charge in [0.25, 0.3) is 0 Å². The second kappa shape index (κ2) is 9.63. The number of ketones is 1. The molecule has 0 radical (unpaired) electrons. The molecule has 1 aromatic carbocycles. The van der Waals surface area contributed by atoms with Crippen LogP contribution in [0, 0.1) is 11.3 Å². The lowest BCUT2D eigenvalue weighted by molar-refractivity contribution is -0.117. The Kier molecular flexibility index (Phi) is 6.95. The number of hydrogen-bond acceptors (Lipinski definition) is 7. The number of carbonyl (C=O) groups is 1. The maximum Gasteiger partial charge on any atom is 0.143 e. The summed E-state index contributed by atoms with van der Waals surface area (Å²) >= 11 is 0. The van der Waals surface area contributed by atoms with Crippen molar-refractivity contribution in [1.29, 1.82) is 5.26 Å². The van der Waals surface area contributed by atoms with E-state index in [1.807, 2.05) is 30.7 Å². The lowest BCUT2D eigenvalue weighted by Gasteiger charge is -2.17. The summed E-state index contributed by atoms with van der Waals surface area (Å²) < 4.78 is 12.4. The highest BCUT2D eigenvalue weighted by Crippen LogP contribution is 2.28. The maximum absolute atomic E-state index is 12.8. The third kappa shape index (κ3) is 4.92. The van der Waals surface area contributed by atoms with Crippen LogP contribution in [-0.4, -0.2) is 48.9 Å². The molecule has 30 heavy (non-hydrogen) atoms. The molecule has 3 rings (SSSR count). The summed E-state index contributed by atoms with van der Waals surface area (Å²) in [5.41, 5.74) is 1.77. The number of anilines is 1. The van der Waals surface area contributed by atoms with E-state index in [1.165, 1.54) is 0 Å². The van der Waals surface area contributed by atoms with Gasteiger partial charge in [-0.1, -0.05) is 0 Å². The van der Waals surface area contributed by atoms with Crippen molar-refractivity contribution < 1.29 is 14.3 Å². The van der Waals surface area contributed by atoms with E-state index < -0.39 is 0 Å². The van der Waals surface area contributed by atoms with E-state index >= 15 is 0 Å². The SMILES string of the molecule is COc1cc(CC(=O)Cc2nn([C@H]3CCNC3)c(NC(C)C)c2C#N)cc(OC)c1. The zero-order valence-electron chi connectivity index (χ0n) is 18.0. The molecule has 1 atom stereocenters. The quantitative estimate of drug-likeness (QED) is 0.654. The van der Waals surface area contributed by atoms with E-state index in [-0.39, 0.29) is 30.7 Å². The predicted octanol–water partition coefficient (Wildman–Crippen LogP) is 2.48. The van der Waals surface area contributed by atoms with Crippen LogP contribution in [0.4, 0.5) is 5.82 Å². The molecule has 0 saturated carbocycles. The van der Waals surface area contributed by atoms with E-state index in [0.29, 0.717) is 28.6 Å². The summed E-state index contributed by atoms with van der Waals surface area (Å²) in [7, 11) is 3.15. The van der Waals surface area contributed by atoms with Gasteiger partial charge in [0, 0.05) is 25.1 Å². The fraction of sp³-hybridized carbons (Fsp3) is 0.500. The van der Waals surface area contributed by atoms with Crippen LogP contribution in [-0.2, 0) is 17.6 Å². The Labute approximate surface area is 177 Å². The van der Waals surface area contributed by atoms with Crippen molar-refractivity contribution in [2.45, 2.75) is 45.2 Å². The number of Topliss-reactive ketones (excluding diaryl/α,β-unsaturated/α-hetero) is 1. The number of methoxy groups -OCH3 is 2. The first-order valence-corrected chi connectivity index (χ1v) is 10.2. The van der Waals surface area contributed by atoms with Gasteiger partial charge in [-0.3, -0.25) is 4.79 Å². The van der Waals surface area contributed by atoms with Crippen molar-refractivity contribution in [3.05, 3.63) is 35.0 Å². The lowest BCUT2D eigenvalue weighted by Crippen LogP contribution is -2.20. The monoisotopic (exact) mass is 411 g/mol. The molecule has 1 aliphatic rings. The number of benzene rings is 1. The molecule has 1 fully saturated rings. The first kappa shape index (κ1) is 21.7. The molecule has 8 heteroatoms. The molecule has 2 N–H and O–H groups in total. The van der Waals surface area contributed by atoms with E-state index in [0.717, 1.165) is 25.1 Å². The van der Waals surface area contributed by atoms with Gasteiger partial charge < -0.3 is 20.1 Å². The molecule has 8 nitrogen and oxygen atoms in total. The topological polar surface area (TPSA) is 101 Å². The normalized spacial score (nSPS) is 15.8. The summed E-state index contributed by atoms with van der Waals surface area (Å²) in [5, 5.41) is 21.2. The van der Waals surface area contributed by atoms with Crippen LogP contribution in [0.5, 0.6) is 11.5 Å². The lowest BCUT2D eigenvalue weighted by atomic mass is 10.0. The number of aromatic nitrogens is 2. The molecule has 0 unspecified atom stereocenters. The largest absolute Gasteiger partial charge is 0.497 e. The second-order valence-corrected chi connectivity index (χ2v) is 7.79. The second-order valence-electron chi connectivity index (χ2n) is 7.79. The number of nitriles is 1. The summed E-state index contributed by atoms with van der Waals surface area (Å²) in [5.74, 6) is 1.95. The fourth-order valence-electron chi connectivity index (χ4n) is 3.69. The van der Waals surface area contributed by atoms with Gasteiger partial charge in [0.15, 0.2) is 0 Å². The van der Waals surface area contributed by atoms with Crippen LogP contribution in [0.2, 0.25) is 0 Å². The highest BCUT2D eigenvalue weighted by atomic mass is 16.5. The molecule has 0 amide bonds. The smallest absolute Gasteiger partial charge is 0.143 e. The summed E-state index contributed by atoms with van der Waals surface area (Å²) in [6.07, 6.45) is 1.25. The number of nitrogens with one attached hydrogen (secondary N) is 2. The van der Waals surface area contributed by atoms with Crippen molar-refractivity contribution in [2.24, 2.45) is 0 Å². The molecule has 2 aromatic rings. The molecule has 1 saturated heterocycles. The van der Waals surface area contributed by atoms with Crippen molar-refractivity contribution in [1.82, 2.24) is 15.1 Å². The van der Waals surface area contributed by atoms with Crippen molar-refractivity contribution >= 4 is 11.6 Å². The van der Waals surface area contributed by atoms with Gasteiger partial charge in [-0.15, -0.1) is 0 Å². The van der Waals surface area contributed by atoms with Gasteiger partial charge in [0.1, 0.15) is 34.7 Å². The summed E-state index contributed by atoms with van der Waals surface area (Å²) in [6.45, 7) is 5.76. The first-order chi connectivity index (χ1) is 14.4. The molecule has 1 aliphatic heterocycles. The maximum atomic E-state index is 12.8. The zero-order valence-corrected chi connectivity index (χ0v) is 18.0. The summed E-state index contributed by atoms with van der Waals surface area (Å²) in [6, 6.07) is 7.99. The minimum absolute atomic E-state index is 0.0212. The highest BCUT2D eigenvalue weighted by molar-refractivity contribution is 5.84. The van der Waals surface area contributed by atoms with E-state index in [1.54, 1.807) is 20.3 Å². The minimum atomic E-state index is -0.0212. The molecule has 160 valence electrons. The number of hydrogen-bond donors (Lipinski definition) is 2. The fourth-order valence-corrected chi connectivity index (χ4v) is 3.69. The van der Waals surface area contributed by atoms with Crippen LogP contribution in [0.3, 0.4) is 0 Å². The van der Waals surface area contributed by atoms with Crippen molar-refractivity contribution in [2.75, 3.05) is 32.6 Å². The molecule has 0 bridgehead atoms. The Morgan fingerprint density at radius 3 is 2.53 bits per heavy atom. The number of rotatable bonds is 9. The average molecular weight is 412 g/mol. The molecule has 0 spiro atoms. The number of carbonyl (C=O) groups excluding carboxylic acids is 1. The molecule has 2 heterocycles.